The van der Waals surface area contributed by atoms with Crippen molar-refractivity contribution in [1.29, 1.82) is 0 Å². The summed E-state index contributed by atoms with van der Waals surface area (Å²) in [5, 5.41) is 2.65. The second kappa shape index (κ2) is 10.8. The molecule has 4 rings (SSSR count). The molecule has 0 radical (unpaired) electrons. The van der Waals surface area contributed by atoms with Gasteiger partial charge in [-0.1, -0.05) is 55.0 Å². The van der Waals surface area contributed by atoms with Crippen LogP contribution < -0.4 is 9.47 Å². The first kappa shape index (κ1) is 27.1. The molecule has 0 N–H and O–H groups in total. The first-order valence-electron chi connectivity index (χ1n) is 12.1. The number of rotatable bonds is 9. The number of aryl methyl sites for hydroxylation is 1. The number of nitrogens with zero attached hydrogens (tertiary/aromatic N) is 4. The van der Waals surface area contributed by atoms with E-state index in [4.69, 9.17) is 0 Å². The Kier molecular flexibility index (Phi) is 8.40. The van der Waals surface area contributed by atoms with Crippen LogP contribution in [0, 0.1) is 0 Å². The summed E-state index contributed by atoms with van der Waals surface area (Å²) in [7, 11) is 13.6. The van der Waals surface area contributed by atoms with E-state index < -0.39 is 0 Å². The summed E-state index contributed by atoms with van der Waals surface area (Å²) < 4.78 is 8.11. The quantitative estimate of drug-likeness (QED) is 0.187. The number of quaternary nitrogens is 2. The van der Waals surface area contributed by atoms with Crippen molar-refractivity contribution in [3.63, 3.8) is 0 Å². The summed E-state index contributed by atoms with van der Waals surface area (Å²) in [5.41, 5.74) is 2.63. The van der Waals surface area contributed by atoms with Crippen LogP contribution in [0.3, 0.4) is 0 Å². The Hall–Kier alpha value is -0.900. The van der Waals surface area contributed by atoms with E-state index in [0.29, 0.717) is 0 Å². The average molecular weight is 642 g/mol. The third-order valence-electron chi connectivity index (χ3n) is 6.05. The molecule has 0 spiro atoms. The van der Waals surface area contributed by atoms with Crippen LogP contribution in [0.2, 0.25) is 0 Å². The zero-order chi connectivity index (χ0) is 25.4. The molecule has 4 nitrogen and oxygen atoms in total. The number of thiazole rings is 1. The molecule has 0 amide bonds. The molecule has 35 heavy (non-hydrogen) atoms. The van der Waals surface area contributed by atoms with Crippen LogP contribution in [-0.4, -0.2) is 70.9 Å². The predicted octanol–water partition coefficient (Wildman–Crippen LogP) is 6.82. The number of aromatic nitrogens is 1. The van der Waals surface area contributed by atoms with Crippen LogP contribution in [0.4, 0.5) is 5.69 Å². The fourth-order valence-electron chi connectivity index (χ4n) is 4.34. The molecule has 0 aliphatic carbocycles. The maximum atomic E-state index is 3.70. The first-order valence-corrected chi connectivity index (χ1v) is 15.3. The van der Waals surface area contributed by atoms with Gasteiger partial charge in [-0.2, -0.15) is 4.57 Å². The standard InChI is InChI=1S/C27H37Br2N4S2/c1-32(2,3)15-7-13-30-22-17-20(28)9-11-24(22)34-26(30)19-27-31(14-8-16-33(4,5)6)23-18-21(29)10-12-25(23)35-27/h9-12,17-19H,7-8,13-16H2,1-6H3/q+3. The second-order valence-corrected chi connectivity index (χ2v) is 15.2. The summed E-state index contributed by atoms with van der Waals surface area (Å²) in [6, 6.07) is 13.3. The maximum absolute atomic E-state index is 3.70. The number of fused-ring (bicyclic) bond motifs is 2. The summed E-state index contributed by atoms with van der Waals surface area (Å²) in [6.45, 7) is 4.35. The highest BCUT2D eigenvalue weighted by Gasteiger charge is 2.29. The molecule has 188 valence electrons. The highest BCUT2D eigenvalue weighted by atomic mass is 79.9. The van der Waals surface area contributed by atoms with Gasteiger partial charge in [0.05, 0.1) is 78.6 Å². The van der Waals surface area contributed by atoms with Gasteiger partial charge in [0, 0.05) is 32.9 Å². The Morgan fingerprint density at radius 1 is 0.886 bits per heavy atom. The minimum absolute atomic E-state index is 0.989. The topological polar surface area (TPSA) is 7.12 Å². The lowest BCUT2D eigenvalue weighted by molar-refractivity contribution is -0.873. The lowest BCUT2D eigenvalue weighted by Crippen LogP contribution is -2.41. The molecule has 0 saturated heterocycles. The van der Waals surface area contributed by atoms with Crippen LogP contribution in [0.15, 0.2) is 55.3 Å². The van der Waals surface area contributed by atoms with E-state index in [-0.39, 0.29) is 0 Å². The van der Waals surface area contributed by atoms with Gasteiger partial charge in [-0.3, -0.25) is 0 Å². The molecule has 0 unspecified atom stereocenters. The lowest BCUT2D eigenvalue weighted by atomic mass is 10.2. The molecular weight excluding hydrogens is 604 g/mol. The zero-order valence-corrected chi connectivity index (χ0v) is 26.5. The Morgan fingerprint density at radius 3 is 2.26 bits per heavy atom. The molecule has 0 atom stereocenters. The largest absolute Gasteiger partial charge is 0.335 e. The Morgan fingerprint density at radius 2 is 1.54 bits per heavy atom. The van der Waals surface area contributed by atoms with Crippen molar-refractivity contribution < 1.29 is 13.5 Å². The molecular formula is C27H37Br2N4S2+3. The minimum Gasteiger partial charge on any atom is -0.335 e. The van der Waals surface area contributed by atoms with Crippen LogP contribution in [0.5, 0.6) is 0 Å². The fourth-order valence-corrected chi connectivity index (χ4v) is 7.32. The smallest absolute Gasteiger partial charge is 0.265 e. The minimum atomic E-state index is 0.989. The number of halogens is 2. The third-order valence-corrected chi connectivity index (χ3v) is 9.26. The predicted molar refractivity (Wildman–Crippen MR) is 160 cm³/mol. The van der Waals surface area contributed by atoms with Crippen molar-refractivity contribution in [2.24, 2.45) is 0 Å². The first-order chi connectivity index (χ1) is 16.4. The van der Waals surface area contributed by atoms with Crippen LogP contribution in [0.25, 0.3) is 16.3 Å². The highest BCUT2D eigenvalue weighted by Crippen LogP contribution is 2.48. The van der Waals surface area contributed by atoms with Gasteiger partial charge in [0.25, 0.3) is 5.01 Å². The van der Waals surface area contributed by atoms with Gasteiger partial charge < -0.3 is 13.9 Å². The van der Waals surface area contributed by atoms with Crippen molar-refractivity contribution in [2.45, 2.75) is 24.3 Å². The molecule has 1 aromatic heterocycles. The summed E-state index contributed by atoms with van der Waals surface area (Å²) in [5.74, 6) is 0. The van der Waals surface area contributed by atoms with Gasteiger partial charge in [-0.15, -0.1) is 0 Å². The van der Waals surface area contributed by atoms with Crippen LogP contribution >= 0.6 is 55.0 Å². The molecule has 3 aromatic rings. The summed E-state index contributed by atoms with van der Waals surface area (Å²) in [4.78, 5) is 3.86. The number of thioether (sulfide) groups is 1. The monoisotopic (exact) mass is 639 g/mol. The van der Waals surface area contributed by atoms with E-state index in [1.807, 2.05) is 23.1 Å². The van der Waals surface area contributed by atoms with Gasteiger partial charge in [0.2, 0.25) is 5.52 Å². The second-order valence-electron chi connectivity index (χ2n) is 11.3. The SMILES string of the molecule is C[N+](C)(C)CCCN1C(=Cc2sc3ccc(Br)cc3[n+]2CCC[N+](C)(C)C)Sc2ccc(Br)cc21. The molecule has 2 aromatic carbocycles. The van der Waals surface area contributed by atoms with E-state index in [9.17, 15) is 0 Å². The zero-order valence-electron chi connectivity index (χ0n) is 21.6. The number of hydrogen-bond donors (Lipinski definition) is 0. The van der Waals surface area contributed by atoms with E-state index in [1.165, 1.54) is 30.8 Å². The van der Waals surface area contributed by atoms with Crippen molar-refractivity contribution in [3.8, 4) is 0 Å². The van der Waals surface area contributed by atoms with Gasteiger partial charge in [0.15, 0.2) is 6.54 Å². The highest BCUT2D eigenvalue weighted by molar-refractivity contribution is 9.10. The van der Waals surface area contributed by atoms with Gasteiger partial charge >= 0.3 is 0 Å². The molecule has 1 aliphatic rings. The normalized spacial score (nSPS) is 15.4. The molecule has 0 saturated carbocycles. The fraction of sp³-hybridized carbons (Fsp3) is 0.444. The van der Waals surface area contributed by atoms with E-state index in [0.717, 1.165) is 56.9 Å². The third kappa shape index (κ3) is 7.11. The number of anilines is 1. The van der Waals surface area contributed by atoms with Gasteiger partial charge in [-0.05, 0) is 30.3 Å². The van der Waals surface area contributed by atoms with Crippen molar-refractivity contribution >= 4 is 76.9 Å². The van der Waals surface area contributed by atoms with E-state index >= 15 is 0 Å². The van der Waals surface area contributed by atoms with Crippen molar-refractivity contribution in [3.05, 3.63) is 55.4 Å². The van der Waals surface area contributed by atoms with E-state index in [1.54, 1.807) is 0 Å². The van der Waals surface area contributed by atoms with Crippen LogP contribution in [0.1, 0.15) is 17.8 Å². The lowest BCUT2D eigenvalue weighted by Gasteiger charge is -2.26. The molecule has 8 heteroatoms. The molecule has 0 fully saturated rings. The van der Waals surface area contributed by atoms with Gasteiger partial charge in [-0.25, -0.2) is 0 Å². The molecule has 2 heterocycles. The van der Waals surface area contributed by atoms with Crippen molar-refractivity contribution in [1.82, 2.24) is 0 Å². The summed E-state index contributed by atoms with van der Waals surface area (Å²) >= 11 is 11.2. The maximum Gasteiger partial charge on any atom is 0.265 e. The molecule has 0 bridgehead atoms. The Bertz CT molecular complexity index is 1240. The van der Waals surface area contributed by atoms with E-state index in [2.05, 4.69) is 126 Å². The Balaban J connectivity index is 1.70. The van der Waals surface area contributed by atoms with Crippen LogP contribution in [-0.2, 0) is 6.54 Å². The number of benzene rings is 2. The molecule has 1 aliphatic heterocycles. The van der Waals surface area contributed by atoms with Gasteiger partial charge in [0.1, 0.15) is 4.70 Å². The van der Waals surface area contributed by atoms with Crippen molar-refractivity contribution in [2.75, 3.05) is 66.8 Å². The summed E-state index contributed by atoms with van der Waals surface area (Å²) in [6.07, 6.45) is 4.72. The number of hydrogen-bond acceptors (Lipinski definition) is 3. The Labute approximate surface area is 235 Å². The average Bonchev–Trinajstić information content (AvgIpc) is 3.24.